The highest BCUT2D eigenvalue weighted by molar-refractivity contribution is 5.87. The van der Waals surface area contributed by atoms with Gasteiger partial charge in [-0.25, -0.2) is 4.39 Å². The molecule has 0 aliphatic heterocycles. The van der Waals surface area contributed by atoms with Crippen molar-refractivity contribution in [3.8, 4) is 5.75 Å². The van der Waals surface area contributed by atoms with Crippen LogP contribution in [0.2, 0.25) is 0 Å². The lowest BCUT2D eigenvalue weighted by Crippen LogP contribution is -2.47. The minimum Gasteiger partial charge on any atom is -0.497 e. The van der Waals surface area contributed by atoms with E-state index in [2.05, 4.69) is 5.32 Å². The molecule has 0 aromatic heterocycles. The number of hydrogen-bond acceptors (Lipinski definition) is 3. The lowest BCUT2D eigenvalue weighted by molar-refractivity contribution is -0.140. The first-order valence-corrected chi connectivity index (χ1v) is 9.39. The molecular formula is C22H27FN2O3. The molecular weight excluding hydrogens is 359 g/mol. The van der Waals surface area contributed by atoms with Crippen molar-refractivity contribution in [2.24, 2.45) is 0 Å². The summed E-state index contributed by atoms with van der Waals surface area (Å²) in [6.45, 7) is 4.20. The lowest BCUT2D eigenvalue weighted by atomic mass is 10.1. The van der Waals surface area contributed by atoms with Crippen LogP contribution in [0.15, 0.2) is 48.5 Å². The fourth-order valence-electron chi connectivity index (χ4n) is 2.84. The summed E-state index contributed by atoms with van der Waals surface area (Å²) in [5.41, 5.74) is 1.86. The maximum atomic E-state index is 13.1. The number of ether oxygens (including phenoxy) is 1. The highest BCUT2D eigenvalue weighted by atomic mass is 19.1. The van der Waals surface area contributed by atoms with E-state index in [1.54, 1.807) is 33.1 Å². The Morgan fingerprint density at radius 2 is 1.68 bits per heavy atom. The van der Waals surface area contributed by atoms with Gasteiger partial charge < -0.3 is 15.0 Å². The zero-order valence-electron chi connectivity index (χ0n) is 16.6. The second kappa shape index (κ2) is 10.4. The van der Waals surface area contributed by atoms with Gasteiger partial charge in [-0.15, -0.1) is 0 Å². The van der Waals surface area contributed by atoms with Crippen LogP contribution in [-0.2, 0) is 22.6 Å². The molecule has 2 amide bonds. The first-order valence-electron chi connectivity index (χ1n) is 9.39. The molecule has 6 heteroatoms. The van der Waals surface area contributed by atoms with Crippen LogP contribution in [0.4, 0.5) is 4.39 Å². The average Bonchev–Trinajstić information content (AvgIpc) is 2.72. The summed E-state index contributed by atoms with van der Waals surface area (Å²) in [6.07, 6.45) is 0.979. The Hall–Kier alpha value is -2.89. The summed E-state index contributed by atoms with van der Waals surface area (Å²) in [5, 5.41) is 2.89. The molecule has 0 saturated heterocycles. The van der Waals surface area contributed by atoms with Crippen molar-refractivity contribution in [3.63, 3.8) is 0 Å². The Morgan fingerprint density at radius 1 is 1.07 bits per heavy atom. The second-order valence-electron chi connectivity index (χ2n) is 6.57. The van der Waals surface area contributed by atoms with Gasteiger partial charge >= 0.3 is 0 Å². The molecule has 0 unspecified atom stereocenters. The molecule has 2 aromatic carbocycles. The number of nitrogens with zero attached hydrogens (tertiary/aromatic N) is 1. The summed E-state index contributed by atoms with van der Waals surface area (Å²) >= 11 is 0. The predicted molar refractivity (Wildman–Crippen MR) is 106 cm³/mol. The monoisotopic (exact) mass is 386 g/mol. The van der Waals surface area contributed by atoms with Crippen molar-refractivity contribution in [3.05, 3.63) is 65.5 Å². The largest absolute Gasteiger partial charge is 0.497 e. The van der Waals surface area contributed by atoms with Crippen LogP contribution in [0.25, 0.3) is 0 Å². The number of carbonyl (C=O) groups is 2. The number of carbonyl (C=O) groups excluding carboxylic acids is 2. The third-order valence-corrected chi connectivity index (χ3v) is 4.61. The molecule has 1 atom stereocenters. The summed E-state index contributed by atoms with van der Waals surface area (Å²) in [6, 6.07) is 13.0. The first-order chi connectivity index (χ1) is 13.4. The van der Waals surface area contributed by atoms with Gasteiger partial charge in [0.15, 0.2) is 0 Å². The molecule has 2 rings (SSSR count). The van der Waals surface area contributed by atoms with E-state index in [4.69, 9.17) is 4.74 Å². The van der Waals surface area contributed by atoms with Gasteiger partial charge in [-0.1, -0.05) is 31.2 Å². The van der Waals surface area contributed by atoms with Crippen LogP contribution in [0.5, 0.6) is 5.75 Å². The molecule has 0 bridgehead atoms. The summed E-state index contributed by atoms with van der Waals surface area (Å²) in [7, 11) is 1.62. The number of rotatable bonds is 9. The third-order valence-electron chi connectivity index (χ3n) is 4.61. The van der Waals surface area contributed by atoms with Gasteiger partial charge in [0.05, 0.1) is 7.11 Å². The fraction of sp³-hybridized carbons (Fsp3) is 0.364. The number of benzene rings is 2. The van der Waals surface area contributed by atoms with Crippen molar-refractivity contribution >= 4 is 11.8 Å². The molecule has 0 spiro atoms. The average molecular weight is 386 g/mol. The Kier molecular flexibility index (Phi) is 7.99. The van der Waals surface area contributed by atoms with Gasteiger partial charge in [-0.05, 0) is 48.7 Å². The van der Waals surface area contributed by atoms with E-state index in [-0.39, 0.29) is 24.2 Å². The van der Waals surface area contributed by atoms with Gasteiger partial charge in [0.25, 0.3) is 0 Å². The number of amides is 2. The molecule has 0 fully saturated rings. The Balaban J connectivity index is 1.93. The molecule has 28 heavy (non-hydrogen) atoms. The maximum Gasteiger partial charge on any atom is 0.242 e. The quantitative estimate of drug-likeness (QED) is 0.719. The highest BCUT2D eigenvalue weighted by Gasteiger charge is 2.24. The maximum absolute atomic E-state index is 13.1. The van der Waals surface area contributed by atoms with Gasteiger partial charge in [-0.2, -0.15) is 0 Å². The Labute approximate surface area is 165 Å². The van der Waals surface area contributed by atoms with E-state index < -0.39 is 6.04 Å². The van der Waals surface area contributed by atoms with Crippen molar-refractivity contribution in [1.29, 1.82) is 0 Å². The molecule has 2 aromatic rings. The van der Waals surface area contributed by atoms with Gasteiger partial charge in [0.2, 0.25) is 11.8 Å². The number of methoxy groups -OCH3 is 1. The molecule has 150 valence electrons. The molecule has 0 saturated carbocycles. The smallest absolute Gasteiger partial charge is 0.242 e. The number of nitrogens with one attached hydrogen (secondary N) is 1. The van der Waals surface area contributed by atoms with Gasteiger partial charge in [0, 0.05) is 19.5 Å². The van der Waals surface area contributed by atoms with Crippen molar-refractivity contribution in [2.75, 3.05) is 13.7 Å². The number of halogens is 1. The zero-order chi connectivity index (χ0) is 20.5. The standard InChI is InChI=1S/C22H27FN2O3/c1-4-21(26)25(15-18-5-9-19(23)10-6-18)16(2)22(27)24-14-13-17-7-11-20(28-3)12-8-17/h5-12,16H,4,13-15H2,1-3H3,(H,24,27)/t16-/m0/s1. The molecule has 0 aliphatic rings. The lowest BCUT2D eigenvalue weighted by Gasteiger charge is -2.28. The fourth-order valence-corrected chi connectivity index (χ4v) is 2.84. The summed E-state index contributed by atoms with van der Waals surface area (Å²) in [5.74, 6) is 0.122. The van der Waals surface area contributed by atoms with Crippen LogP contribution >= 0.6 is 0 Å². The van der Waals surface area contributed by atoms with Crippen LogP contribution in [-0.4, -0.2) is 36.4 Å². The third kappa shape index (κ3) is 6.08. The summed E-state index contributed by atoms with van der Waals surface area (Å²) in [4.78, 5) is 26.4. The van der Waals surface area contributed by atoms with Crippen molar-refractivity contribution in [2.45, 2.75) is 39.3 Å². The molecule has 0 radical (unpaired) electrons. The van der Waals surface area contributed by atoms with Crippen LogP contribution in [0.1, 0.15) is 31.4 Å². The Morgan fingerprint density at radius 3 is 2.25 bits per heavy atom. The number of hydrogen-bond donors (Lipinski definition) is 1. The first kappa shape index (κ1) is 21.4. The SMILES string of the molecule is CCC(=O)N(Cc1ccc(F)cc1)[C@@H](C)C(=O)NCCc1ccc(OC)cc1. The van der Waals surface area contributed by atoms with E-state index in [9.17, 15) is 14.0 Å². The van der Waals surface area contributed by atoms with E-state index >= 15 is 0 Å². The van der Waals surface area contributed by atoms with Crippen molar-refractivity contribution in [1.82, 2.24) is 10.2 Å². The molecule has 0 aliphatic carbocycles. The molecule has 5 nitrogen and oxygen atoms in total. The van der Waals surface area contributed by atoms with Crippen molar-refractivity contribution < 1.29 is 18.7 Å². The normalized spacial score (nSPS) is 11.6. The minimum absolute atomic E-state index is 0.123. The van der Waals surface area contributed by atoms with Gasteiger partial charge in [-0.3, -0.25) is 9.59 Å². The van der Waals surface area contributed by atoms with E-state index in [1.807, 2.05) is 24.3 Å². The molecule has 1 N–H and O–H groups in total. The van der Waals surface area contributed by atoms with Crippen LogP contribution < -0.4 is 10.1 Å². The van der Waals surface area contributed by atoms with E-state index in [0.717, 1.165) is 16.9 Å². The zero-order valence-corrected chi connectivity index (χ0v) is 16.6. The second-order valence-corrected chi connectivity index (χ2v) is 6.57. The Bertz CT molecular complexity index is 775. The van der Waals surface area contributed by atoms with E-state index in [0.29, 0.717) is 19.4 Å². The summed E-state index contributed by atoms with van der Waals surface area (Å²) < 4.78 is 18.2. The predicted octanol–water partition coefficient (Wildman–Crippen LogP) is 3.32. The van der Waals surface area contributed by atoms with Crippen LogP contribution in [0, 0.1) is 5.82 Å². The topological polar surface area (TPSA) is 58.6 Å². The van der Waals surface area contributed by atoms with Gasteiger partial charge in [0.1, 0.15) is 17.6 Å². The van der Waals surface area contributed by atoms with E-state index in [1.165, 1.54) is 17.0 Å². The van der Waals surface area contributed by atoms with Crippen LogP contribution in [0.3, 0.4) is 0 Å². The highest BCUT2D eigenvalue weighted by Crippen LogP contribution is 2.13. The minimum atomic E-state index is -0.617. The molecule has 0 heterocycles.